The third kappa shape index (κ3) is 3.50. The fourth-order valence-electron chi connectivity index (χ4n) is 3.96. The van der Waals surface area contributed by atoms with E-state index < -0.39 is 0 Å². The molecule has 33 heavy (non-hydrogen) atoms. The number of nitrogen functional groups attached to an aromatic ring is 1. The summed E-state index contributed by atoms with van der Waals surface area (Å²) in [5, 5.41) is 4.71. The van der Waals surface area contributed by atoms with Crippen LogP contribution in [-0.4, -0.2) is 36.5 Å². The Morgan fingerprint density at radius 3 is 2.64 bits per heavy atom. The van der Waals surface area contributed by atoms with Gasteiger partial charge in [-0.15, -0.1) is 0 Å². The van der Waals surface area contributed by atoms with Gasteiger partial charge in [0, 0.05) is 18.9 Å². The number of rotatable bonds is 4. The van der Waals surface area contributed by atoms with Crippen LogP contribution in [0.2, 0.25) is 0 Å². The zero-order chi connectivity index (χ0) is 22.4. The fraction of sp³-hybridized carbons (Fsp3) is 0.182. The van der Waals surface area contributed by atoms with E-state index in [1.807, 2.05) is 35.2 Å². The van der Waals surface area contributed by atoms with E-state index in [4.69, 9.17) is 17.4 Å². The lowest BCUT2D eigenvalue weighted by Crippen LogP contribution is -2.45. The van der Waals surface area contributed by atoms with E-state index >= 15 is 0 Å². The van der Waals surface area contributed by atoms with Crippen molar-refractivity contribution in [2.24, 2.45) is 0 Å². The van der Waals surface area contributed by atoms with E-state index in [9.17, 15) is 9.59 Å². The number of benzene rings is 1. The number of hydrogen-bond donors (Lipinski definition) is 1. The predicted octanol–water partition coefficient (Wildman–Crippen LogP) is 2.67. The van der Waals surface area contributed by atoms with E-state index in [-0.39, 0.29) is 48.0 Å². The smallest absolute Gasteiger partial charge is 0.271 e. The Morgan fingerprint density at radius 2 is 2.00 bits per heavy atom. The zero-order valence-electron chi connectivity index (χ0n) is 17.6. The molecule has 0 aliphatic carbocycles. The molecule has 4 heterocycles. The summed E-state index contributed by atoms with van der Waals surface area (Å²) in [7, 11) is 0. The van der Waals surface area contributed by atoms with Crippen LogP contribution in [0.1, 0.15) is 35.6 Å². The van der Waals surface area contributed by atoms with Gasteiger partial charge < -0.3 is 10.6 Å². The van der Waals surface area contributed by atoms with Crippen LogP contribution in [0.4, 0.5) is 17.5 Å². The largest absolute Gasteiger partial charge is 0.368 e. The quantitative estimate of drug-likeness (QED) is 0.368. The highest BCUT2D eigenvalue weighted by molar-refractivity contribution is 7.59. The summed E-state index contributed by atoms with van der Waals surface area (Å²) in [6, 6.07) is 10.4. The number of carbonyl (C=O) groups is 1. The molecule has 0 spiro atoms. The maximum Gasteiger partial charge on any atom is 0.271 e. The zero-order valence-corrected chi connectivity index (χ0v) is 18.6. The van der Waals surface area contributed by atoms with Gasteiger partial charge in [0.15, 0.2) is 11.6 Å². The molecule has 1 fully saturated rings. The number of fused-ring (bicyclic) bond motifs is 1. The second-order valence-electron chi connectivity index (χ2n) is 7.46. The van der Waals surface area contributed by atoms with Crippen LogP contribution < -0.4 is 16.2 Å². The van der Waals surface area contributed by atoms with Crippen LogP contribution in [0.25, 0.3) is 16.0 Å². The van der Waals surface area contributed by atoms with Crippen molar-refractivity contribution in [1.82, 2.24) is 24.1 Å². The maximum absolute atomic E-state index is 13.5. The molecule has 1 aliphatic heterocycles. The van der Waals surface area contributed by atoms with E-state index in [2.05, 4.69) is 14.8 Å². The molecule has 0 radical (unpaired) electrons. The Balaban J connectivity index is 0.00000259. The van der Waals surface area contributed by atoms with E-state index in [1.165, 1.54) is 22.2 Å². The molecular weight excluding hydrogens is 440 g/mol. The van der Waals surface area contributed by atoms with Gasteiger partial charge in [0.05, 0.1) is 23.9 Å². The van der Waals surface area contributed by atoms with E-state index in [0.29, 0.717) is 35.9 Å². The summed E-state index contributed by atoms with van der Waals surface area (Å²) in [5.41, 5.74) is 6.92. The highest BCUT2D eigenvalue weighted by Crippen LogP contribution is 2.38. The van der Waals surface area contributed by atoms with Gasteiger partial charge in [-0.3, -0.25) is 14.2 Å². The summed E-state index contributed by atoms with van der Waals surface area (Å²) in [6.07, 6.45) is 3.73. The lowest BCUT2D eigenvalue weighted by atomic mass is 10.00. The first-order valence-corrected chi connectivity index (χ1v) is 9.97. The van der Waals surface area contributed by atoms with Crippen LogP contribution >= 0.6 is 13.5 Å². The van der Waals surface area contributed by atoms with Crippen molar-refractivity contribution in [2.75, 3.05) is 17.2 Å². The van der Waals surface area contributed by atoms with Gasteiger partial charge in [0.1, 0.15) is 11.3 Å². The molecular formula is C22H20N8O2S. The van der Waals surface area contributed by atoms with Crippen molar-refractivity contribution in [3.63, 3.8) is 0 Å². The van der Waals surface area contributed by atoms with Crippen molar-refractivity contribution in [3.05, 3.63) is 82.0 Å². The molecule has 5 rings (SSSR count). The average Bonchev–Trinajstić information content (AvgIpc) is 3.17. The van der Waals surface area contributed by atoms with Gasteiger partial charge in [-0.25, -0.2) is 14.3 Å². The number of nitrogens with two attached hydrogens (primary N) is 1. The number of Topliss-reactive ketones (excluding diaryl/α,β-unsaturated/α-hetero) is 1. The number of anilines is 2. The molecule has 0 bridgehead atoms. The normalized spacial score (nSPS) is 14.9. The van der Waals surface area contributed by atoms with E-state index in [1.54, 1.807) is 12.3 Å². The maximum atomic E-state index is 13.5. The second kappa shape index (κ2) is 8.40. The Bertz CT molecular complexity index is 1470. The van der Waals surface area contributed by atoms with Gasteiger partial charge in [0.2, 0.25) is 11.6 Å². The predicted molar refractivity (Wildman–Crippen MR) is 129 cm³/mol. The standard InChI is InChI=1S/C22H18N8O2.H2S/c1-13(31)15-12-25-22(23)26-19(15)28-10-9-17(28)20-27-29-11-8-16(24-2)18(29)21(32)30(20)14-6-4-3-5-7-14;/h3-8,11-12,17H,9-10H2,1H3,(H2,23,25,26);1H2/t17-;/m0./s1. The summed E-state index contributed by atoms with van der Waals surface area (Å²) >= 11 is 0. The molecule has 0 saturated carbocycles. The Hall–Kier alpha value is -4.17. The molecule has 166 valence electrons. The van der Waals surface area contributed by atoms with Crippen molar-refractivity contribution in [2.45, 2.75) is 19.4 Å². The van der Waals surface area contributed by atoms with Crippen molar-refractivity contribution < 1.29 is 4.79 Å². The molecule has 2 N–H and O–H groups in total. The average molecular weight is 461 g/mol. The summed E-state index contributed by atoms with van der Waals surface area (Å²) < 4.78 is 2.97. The van der Waals surface area contributed by atoms with Crippen molar-refractivity contribution >= 4 is 42.2 Å². The number of carbonyl (C=O) groups excluding carboxylic acids is 1. The van der Waals surface area contributed by atoms with Crippen LogP contribution in [0.15, 0.2) is 53.6 Å². The number of ketones is 1. The molecule has 11 heteroatoms. The molecule has 3 aromatic heterocycles. The molecule has 1 aromatic carbocycles. The molecule has 1 saturated heterocycles. The lowest BCUT2D eigenvalue weighted by Gasteiger charge is -2.42. The third-order valence-electron chi connectivity index (χ3n) is 5.58. The summed E-state index contributed by atoms with van der Waals surface area (Å²) in [4.78, 5) is 39.3. The van der Waals surface area contributed by atoms with Crippen LogP contribution in [0, 0.1) is 6.57 Å². The topological polar surface area (TPSA) is 116 Å². The van der Waals surface area contributed by atoms with Gasteiger partial charge in [-0.2, -0.15) is 23.6 Å². The first-order valence-electron chi connectivity index (χ1n) is 9.97. The number of nitrogens with zero attached hydrogens (tertiary/aromatic N) is 7. The van der Waals surface area contributed by atoms with Gasteiger partial charge in [-0.05, 0) is 31.5 Å². The summed E-state index contributed by atoms with van der Waals surface area (Å²) in [6.45, 7) is 9.46. The van der Waals surface area contributed by atoms with Crippen LogP contribution in [0.5, 0.6) is 0 Å². The second-order valence-corrected chi connectivity index (χ2v) is 7.46. The highest BCUT2D eigenvalue weighted by Gasteiger charge is 2.37. The Kier molecular flexibility index (Phi) is 5.61. The van der Waals surface area contributed by atoms with Crippen LogP contribution in [0.3, 0.4) is 0 Å². The van der Waals surface area contributed by atoms with Gasteiger partial charge in [0.25, 0.3) is 5.56 Å². The summed E-state index contributed by atoms with van der Waals surface area (Å²) in [5.74, 6) is 0.788. The lowest BCUT2D eigenvalue weighted by molar-refractivity contribution is 0.101. The molecule has 1 aliphatic rings. The Morgan fingerprint density at radius 1 is 1.24 bits per heavy atom. The number of hydrogen-bond acceptors (Lipinski definition) is 7. The Labute approximate surface area is 195 Å². The van der Waals surface area contributed by atoms with Crippen molar-refractivity contribution in [1.29, 1.82) is 0 Å². The highest BCUT2D eigenvalue weighted by atomic mass is 32.1. The van der Waals surface area contributed by atoms with Crippen LogP contribution in [-0.2, 0) is 0 Å². The van der Waals surface area contributed by atoms with Crippen molar-refractivity contribution in [3.8, 4) is 5.69 Å². The number of aromatic nitrogens is 5. The molecule has 1 atom stereocenters. The monoisotopic (exact) mass is 460 g/mol. The first kappa shape index (κ1) is 22.0. The third-order valence-corrected chi connectivity index (χ3v) is 5.58. The first-order chi connectivity index (χ1) is 15.5. The van der Waals surface area contributed by atoms with Gasteiger partial charge >= 0.3 is 0 Å². The van der Waals surface area contributed by atoms with Gasteiger partial charge in [-0.1, -0.05) is 18.2 Å². The minimum atomic E-state index is -0.335. The molecule has 10 nitrogen and oxygen atoms in total. The number of para-hydroxylation sites is 1. The van der Waals surface area contributed by atoms with E-state index in [0.717, 1.165) is 0 Å². The minimum Gasteiger partial charge on any atom is -0.368 e. The fourth-order valence-corrected chi connectivity index (χ4v) is 3.96. The molecule has 0 unspecified atom stereocenters. The molecule has 0 amide bonds. The minimum absolute atomic E-state index is 0. The molecule has 4 aromatic rings. The SMILES string of the molecule is S.[C-]#[N+]c1ccn2nc([C@@H]3CCN3c3nc(N)ncc3C(C)=O)n(-c3ccccc3)c(=O)c12.